The first-order chi connectivity index (χ1) is 7.27. The van der Waals surface area contributed by atoms with E-state index in [0.717, 1.165) is 26.1 Å². The molecule has 2 atom stereocenters. The van der Waals surface area contributed by atoms with Gasteiger partial charge in [-0.3, -0.25) is 0 Å². The summed E-state index contributed by atoms with van der Waals surface area (Å²) in [5, 5.41) is 0.498. The van der Waals surface area contributed by atoms with Gasteiger partial charge < -0.3 is 4.74 Å². The van der Waals surface area contributed by atoms with Gasteiger partial charge in [0, 0.05) is 11.9 Å². The van der Waals surface area contributed by atoms with E-state index in [1.807, 2.05) is 0 Å². The second-order valence-corrected chi connectivity index (χ2v) is 4.98. The monoisotopic (exact) mass is 222 g/mol. The summed E-state index contributed by atoms with van der Waals surface area (Å²) in [7, 11) is 0. The molecule has 1 aromatic rings. The fourth-order valence-electron chi connectivity index (χ4n) is 2.10. The maximum absolute atomic E-state index is 5.52. The molecule has 1 nitrogen and oxygen atoms in total. The van der Waals surface area contributed by atoms with Crippen LogP contribution in [0.1, 0.15) is 17.5 Å². The van der Waals surface area contributed by atoms with Crippen molar-refractivity contribution in [3.05, 3.63) is 35.4 Å². The standard InChI is InChI=1S/C13H18OS/c1-10-4-2-3-5-11(10)8-12-9-14-7-6-13(12)15/h2-5,12-13,15H,6-9H2,1H3/t12-,13-/m1/s1. The van der Waals surface area contributed by atoms with Crippen molar-refractivity contribution in [1.29, 1.82) is 0 Å². The third kappa shape index (κ3) is 2.76. The maximum atomic E-state index is 5.52. The average Bonchev–Trinajstić information content (AvgIpc) is 2.24. The molecule has 0 spiro atoms. The first-order valence-electron chi connectivity index (χ1n) is 5.57. The number of hydrogen-bond donors (Lipinski definition) is 1. The van der Waals surface area contributed by atoms with Crippen LogP contribution < -0.4 is 0 Å². The molecule has 1 aliphatic rings. The van der Waals surface area contributed by atoms with Gasteiger partial charge in [0.25, 0.3) is 0 Å². The fourth-order valence-corrected chi connectivity index (χ4v) is 2.40. The Morgan fingerprint density at radius 2 is 2.20 bits per heavy atom. The lowest BCUT2D eigenvalue weighted by Gasteiger charge is -2.28. The smallest absolute Gasteiger partial charge is 0.0507 e. The van der Waals surface area contributed by atoms with E-state index in [1.54, 1.807) is 0 Å². The Labute approximate surface area is 97.2 Å². The van der Waals surface area contributed by atoms with Gasteiger partial charge in [0.2, 0.25) is 0 Å². The Balaban J connectivity index is 2.04. The summed E-state index contributed by atoms with van der Waals surface area (Å²) in [6.45, 7) is 3.91. The van der Waals surface area contributed by atoms with Gasteiger partial charge in [-0.1, -0.05) is 24.3 Å². The van der Waals surface area contributed by atoms with Crippen LogP contribution in [0.4, 0.5) is 0 Å². The van der Waals surface area contributed by atoms with Crippen LogP contribution in [0.3, 0.4) is 0 Å². The van der Waals surface area contributed by atoms with Crippen molar-refractivity contribution in [1.82, 2.24) is 0 Å². The Morgan fingerprint density at radius 3 is 2.93 bits per heavy atom. The molecule has 0 unspecified atom stereocenters. The van der Waals surface area contributed by atoms with Gasteiger partial charge in [-0.15, -0.1) is 0 Å². The van der Waals surface area contributed by atoms with E-state index >= 15 is 0 Å². The minimum Gasteiger partial charge on any atom is -0.381 e. The molecule has 1 heterocycles. The van der Waals surface area contributed by atoms with Crippen LogP contribution in [0.5, 0.6) is 0 Å². The Kier molecular flexibility index (Phi) is 3.71. The van der Waals surface area contributed by atoms with Gasteiger partial charge in [-0.25, -0.2) is 0 Å². The summed E-state index contributed by atoms with van der Waals surface area (Å²) in [5.74, 6) is 0.572. The summed E-state index contributed by atoms with van der Waals surface area (Å²) in [4.78, 5) is 0. The lowest BCUT2D eigenvalue weighted by Crippen LogP contribution is -2.29. The van der Waals surface area contributed by atoms with Gasteiger partial charge in [-0.05, 0) is 36.8 Å². The van der Waals surface area contributed by atoms with Crippen LogP contribution >= 0.6 is 12.6 Å². The zero-order valence-corrected chi connectivity index (χ0v) is 10.0. The predicted molar refractivity (Wildman–Crippen MR) is 66.6 cm³/mol. The summed E-state index contributed by atoms with van der Waals surface area (Å²) in [5.41, 5.74) is 2.82. The lowest BCUT2D eigenvalue weighted by atomic mass is 9.91. The largest absolute Gasteiger partial charge is 0.381 e. The Bertz CT molecular complexity index is 324. The van der Waals surface area contributed by atoms with Gasteiger partial charge >= 0.3 is 0 Å². The molecule has 0 N–H and O–H groups in total. The average molecular weight is 222 g/mol. The SMILES string of the molecule is Cc1ccccc1C[C@@H]1COCC[C@H]1S. The molecule has 1 saturated heterocycles. The topological polar surface area (TPSA) is 9.23 Å². The molecule has 1 aromatic carbocycles. The molecule has 82 valence electrons. The third-order valence-corrected chi connectivity index (χ3v) is 3.86. The normalized spacial score (nSPS) is 26.5. The van der Waals surface area contributed by atoms with Gasteiger partial charge in [0.15, 0.2) is 0 Å². The second kappa shape index (κ2) is 5.04. The van der Waals surface area contributed by atoms with Crippen molar-refractivity contribution in [2.45, 2.75) is 25.0 Å². The first-order valence-corrected chi connectivity index (χ1v) is 6.09. The molecule has 1 aliphatic heterocycles. The first kappa shape index (κ1) is 11.0. The van der Waals surface area contributed by atoms with Crippen molar-refractivity contribution >= 4 is 12.6 Å². The summed E-state index contributed by atoms with van der Waals surface area (Å²) < 4.78 is 5.52. The zero-order chi connectivity index (χ0) is 10.7. The van der Waals surface area contributed by atoms with E-state index in [1.165, 1.54) is 11.1 Å². The number of hydrogen-bond acceptors (Lipinski definition) is 2. The van der Waals surface area contributed by atoms with Gasteiger partial charge in [0.1, 0.15) is 0 Å². The molecule has 0 saturated carbocycles. The molecule has 15 heavy (non-hydrogen) atoms. The summed E-state index contributed by atoms with van der Waals surface area (Å²) in [6, 6.07) is 8.59. The highest BCUT2D eigenvalue weighted by molar-refractivity contribution is 7.81. The van der Waals surface area contributed by atoms with E-state index in [2.05, 4.69) is 43.8 Å². The molecule has 0 radical (unpaired) electrons. The van der Waals surface area contributed by atoms with Crippen LogP contribution in [0.2, 0.25) is 0 Å². The van der Waals surface area contributed by atoms with E-state index < -0.39 is 0 Å². The number of aryl methyl sites for hydroxylation is 1. The highest BCUT2D eigenvalue weighted by Crippen LogP contribution is 2.24. The Hall–Kier alpha value is -0.470. The molecule has 2 heteroatoms. The molecule has 0 bridgehead atoms. The highest BCUT2D eigenvalue weighted by atomic mass is 32.1. The second-order valence-electron chi connectivity index (χ2n) is 4.32. The van der Waals surface area contributed by atoms with Gasteiger partial charge in [0.05, 0.1) is 6.61 Å². The molecular formula is C13H18OS. The summed E-state index contributed by atoms with van der Waals surface area (Å²) >= 11 is 4.64. The van der Waals surface area contributed by atoms with E-state index in [4.69, 9.17) is 4.74 Å². The van der Waals surface area contributed by atoms with Crippen LogP contribution in [0, 0.1) is 12.8 Å². The van der Waals surface area contributed by atoms with Gasteiger partial charge in [-0.2, -0.15) is 12.6 Å². The number of ether oxygens (including phenoxy) is 1. The Morgan fingerprint density at radius 1 is 1.40 bits per heavy atom. The molecule has 1 fully saturated rings. The zero-order valence-electron chi connectivity index (χ0n) is 9.15. The van der Waals surface area contributed by atoms with E-state index in [-0.39, 0.29) is 0 Å². The molecular weight excluding hydrogens is 204 g/mol. The molecule has 0 amide bonds. The van der Waals surface area contributed by atoms with Crippen molar-refractivity contribution in [2.75, 3.05) is 13.2 Å². The van der Waals surface area contributed by atoms with Crippen molar-refractivity contribution in [3.63, 3.8) is 0 Å². The number of thiol groups is 1. The van der Waals surface area contributed by atoms with Crippen LogP contribution in [-0.2, 0) is 11.2 Å². The number of benzene rings is 1. The predicted octanol–water partition coefficient (Wildman–Crippen LogP) is 2.87. The maximum Gasteiger partial charge on any atom is 0.0507 e. The van der Waals surface area contributed by atoms with Crippen LogP contribution in [0.15, 0.2) is 24.3 Å². The van der Waals surface area contributed by atoms with Crippen molar-refractivity contribution in [2.24, 2.45) is 5.92 Å². The van der Waals surface area contributed by atoms with Crippen LogP contribution in [0.25, 0.3) is 0 Å². The van der Waals surface area contributed by atoms with E-state index in [9.17, 15) is 0 Å². The van der Waals surface area contributed by atoms with E-state index in [0.29, 0.717) is 11.2 Å². The van der Waals surface area contributed by atoms with Crippen molar-refractivity contribution in [3.8, 4) is 0 Å². The minimum absolute atomic E-state index is 0.498. The molecule has 2 rings (SSSR count). The quantitative estimate of drug-likeness (QED) is 0.757. The minimum atomic E-state index is 0.498. The third-order valence-electron chi connectivity index (χ3n) is 3.18. The highest BCUT2D eigenvalue weighted by Gasteiger charge is 2.23. The molecule has 0 aliphatic carbocycles. The lowest BCUT2D eigenvalue weighted by molar-refractivity contribution is 0.0596. The molecule has 0 aromatic heterocycles. The fraction of sp³-hybridized carbons (Fsp3) is 0.538. The summed E-state index contributed by atoms with van der Waals surface area (Å²) in [6.07, 6.45) is 2.18. The number of rotatable bonds is 2. The van der Waals surface area contributed by atoms with Crippen LogP contribution in [-0.4, -0.2) is 18.5 Å². The van der Waals surface area contributed by atoms with Crippen molar-refractivity contribution < 1.29 is 4.74 Å².